The number of ether oxygens (including phenoxy) is 2. The first-order chi connectivity index (χ1) is 12.3. The van der Waals surface area contributed by atoms with Gasteiger partial charge in [0.15, 0.2) is 23.7 Å². The molecule has 0 amide bonds. The van der Waals surface area contributed by atoms with E-state index in [0.29, 0.717) is 0 Å². The average molecular weight is 380 g/mol. The summed E-state index contributed by atoms with van der Waals surface area (Å²) < 4.78 is 29.3. The number of anilines is 2. The van der Waals surface area contributed by atoms with Crippen molar-refractivity contribution in [1.29, 1.82) is 5.26 Å². The van der Waals surface area contributed by atoms with Gasteiger partial charge in [-0.1, -0.05) is 0 Å². The molecule has 0 saturated carbocycles. The van der Waals surface area contributed by atoms with Gasteiger partial charge in [-0.3, -0.25) is 4.57 Å². The van der Waals surface area contributed by atoms with E-state index in [1.807, 2.05) is 6.07 Å². The molecule has 1 unspecified atom stereocenters. The molecule has 4 rings (SSSR count). The van der Waals surface area contributed by atoms with Crippen molar-refractivity contribution in [2.75, 3.05) is 31.3 Å². The third kappa shape index (κ3) is 2.13. The molecule has 26 heavy (non-hydrogen) atoms. The molecule has 0 spiro atoms. The van der Waals surface area contributed by atoms with E-state index in [4.69, 9.17) is 25.5 Å². The largest absolute Gasteiger partial charge is 0.504 e. The molecule has 2 aromatic heterocycles. The SMILES string of the molecule is C[P+](=O)OC[C@]12CO[C@H]([C@@H]1O)[C@](C#N)(n1cnc3c(N)nc(N)nc31)O2. The summed E-state index contributed by atoms with van der Waals surface area (Å²) in [4.78, 5) is 12.0. The maximum Gasteiger partial charge on any atom is 0.504 e. The zero-order valence-electron chi connectivity index (χ0n) is 13.6. The Bertz CT molecular complexity index is 960. The number of nitrogens with two attached hydrogens (primary N) is 2. The minimum absolute atomic E-state index is 0.0165. The number of aromatic nitrogens is 4. The summed E-state index contributed by atoms with van der Waals surface area (Å²) in [6.07, 6.45) is -0.934. The quantitative estimate of drug-likeness (QED) is 0.557. The van der Waals surface area contributed by atoms with E-state index in [9.17, 15) is 14.9 Å². The molecule has 0 aliphatic carbocycles. The Labute approximate surface area is 147 Å². The first-order valence-corrected chi connectivity index (χ1v) is 9.17. The van der Waals surface area contributed by atoms with Gasteiger partial charge >= 0.3 is 8.03 Å². The zero-order chi connectivity index (χ0) is 18.7. The Morgan fingerprint density at radius 1 is 1.58 bits per heavy atom. The predicted octanol–water partition coefficient (Wildman–Crippen LogP) is -0.915. The second-order valence-corrected chi connectivity index (χ2v) is 7.26. The molecule has 2 aliphatic rings. The van der Waals surface area contributed by atoms with Gasteiger partial charge in [-0.05, 0) is 4.57 Å². The monoisotopic (exact) mass is 380 g/mol. The first kappa shape index (κ1) is 17.0. The number of aliphatic hydroxyl groups is 1. The van der Waals surface area contributed by atoms with E-state index in [1.54, 1.807) is 0 Å². The van der Waals surface area contributed by atoms with Gasteiger partial charge in [0, 0.05) is 0 Å². The van der Waals surface area contributed by atoms with Crippen LogP contribution in [0.25, 0.3) is 11.2 Å². The number of nitrogen functional groups attached to an aromatic ring is 2. The van der Waals surface area contributed by atoms with Crippen LogP contribution in [0.4, 0.5) is 11.8 Å². The van der Waals surface area contributed by atoms with Crippen molar-refractivity contribution in [1.82, 2.24) is 19.5 Å². The topological polar surface area (TPSA) is 184 Å². The number of hydrogen-bond acceptors (Lipinski definition) is 11. The molecule has 0 aromatic carbocycles. The summed E-state index contributed by atoms with van der Waals surface area (Å²) in [6.45, 7) is 1.16. The molecule has 13 heteroatoms. The third-order valence-corrected chi connectivity index (χ3v) is 5.02. The van der Waals surface area contributed by atoms with Gasteiger partial charge in [-0.15, -0.1) is 4.52 Å². The highest BCUT2D eigenvalue weighted by Crippen LogP contribution is 2.50. The molecule has 12 nitrogen and oxygen atoms in total. The van der Waals surface area contributed by atoms with Crippen LogP contribution in [0.3, 0.4) is 0 Å². The van der Waals surface area contributed by atoms with Gasteiger partial charge in [0.05, 0.1) is 6.61 Å². The Balaban J connectivity index is 1.83. The summed E-state index contributed by atoms with van der Waals surface area (Å²) >= 11 is 0. The molecule has 0 radical (unpaired) electrons. The summed E-state index contributed by atoms with van der Waals surface area (Å²) in [7, 11) is -1.92. The lowest BCUT2D eigenvalue weighted by atomic mass is 9.98. The van der Waals surface area contributed by atoms with Gasteiger partial charge in [0.1, 0.15) is 36.7 Å². The fourth-order valence-electron chi connectivity index (χ4n) is 3.33. The predicted molar refractivity (Wildman–Crippen MR) is 86.8 cm³/mol. The van der Waals surface area contributed by atoms with Gasteiger partial charge in [-0.25, -0.2) is 4.98 Å². The molecule has 2 fully saturated rings. The van der Waals surface area contributed by atoms with Gasteiger partial charge in [-0.2, -0.15) is 15.2 Å². The fraction of sp³-hybridized carbons (Fsp3) is 0.538. The normalized spacial score (nSPS) is 33.5. The second kappa shape index (κ2) is 5.54. The van der Waals surface area contributed by atoms with Gasteiger partial charge in [0.25, 0.3) is 5.72 Å². The Morgan fingerprint density at radius 3 is 3.04 bits per heavy atom. The number of imidazole rings is 1. The van der Waals surface area contributed by atoms with Gasteiger partial charge in [0.2, 0.25) is 5.95 Å². The fourth-order valence-corrected chi connectivity index (χ4v) is 3.73. The smallest absolute Gasteiger partial charge is 0.387 e. The average Bonchev–Trinajstić information content (AvgIpc) is 3.22. The highest BCUT2D eigenvalue weighted by Gasteiger charge is 2.71. The molecular weight excluding hydrogens is 365 g/mol. The van der Waals surface area contributed by atoms with Crippen LogP contribution in [0.5, 0.6) is 0 Å². The lowest BCUT2D eigenvalue weighted by Gasteiger charge is -2.34. The van der Waals surface area contributed by atoms with Crippen LogP contribution in [0, 0.1) is 11.3 Å². The molecule has 5 N–H and O–H groups in total. The van der Waals surface area contributed by atoms with E-state index < -0.39 is 31.6 Å². The number of fused-ring (bicyclic) bond motifs is 3. The second-order valence-electron chi connectivity index (χ2n) is 6.12. The van der Waals surface area contributed by atoms with E-state index in [2.05, 4.69) is 15.0 Å². The van der Waals surface area contributed by atoms with Crippen LogP contribution in [0.1, 0.15) is 0 Å². The lowest BCUT2D eigenvalue weighted by Crippen LogP contribution is -2.50. The first-order valence-electron chi connectivity index (χ1n) is 7.54. The van der Waals surface area contributed by atoms with Crippen LogP contribution in [-0.4, -0.2) is 62.3 Å². The van der Waals surface area contributed by atoms with Crippen molar-refractivity contribution in [3.63, 3.8) is 0 Å². The number of nitrogens with zero attached hydrogens (tertiary/aromatic N) is 5. The van der Waals surface area contributed by atoms with E-state index >= 15 is 0 Å². The van der Waals surface area contributed by atoms with E-state index in [-0.39, 0.29) is 36.1 Å². The van der Waals surface area contributed by atoms with Crippen molar-refractivity contribution < 1.29 is 23.7 Å². The molecule has 136 valence electrons. The summed E-state index contributed by atoms with van der Waals surface area (Å²) in [5.74, 6) is -0.0551. The van der Waals surface area contributed by atoms with Crippen LogP contribution in [-0.2, 0) is 24.3 Å². The number of hydrogen-bond donors (Lipinski definition) is 3. The molecule has 4 heterocycles. The summed E-state index contributed by atoms with van der Waals surface area (Å²) in [5, 5.41) is 20.5. The number of rotatable bonds is 4. The standard InChI is InChI=1S/C13H15N7O5P/c1-26(22)24-4-12-3-23-8(7(12)21)13(2-14,25-12)20-5-17-6-9(15)18-11(16)19-10(6)20/h5,7-8,21H,3-4H2,1H3,(H4,15,16,18,19)/q+1/t7-,8+,12+,13+/m0/s1. The Kier molecular flexibility index (Phi) is 3.62. The van der Waals surface area contributed by atoms with Crippen molar-refractivity contribution >= 4 is 31.0 Å². The summed E-state index contributed by atoms with van der Waals surface area (Å²) in [5.41, 5.74) is 8.72. The van der Waals surface area contributed by atoms with Crippen molar-refractivity contribution in [3.8, 4) is 6.07 Å². The van der Waals surface area contributed by atoms with E-state index in [1.165, 1.54) is 17.6 Å². The lowest BCUT2D eigenvalue weighted by molar-refractivity contribution is -0.219. The van der Waals surface area contributed by atoms with Gasteiger partial charge < -0.3 is 26.0 Å². The van der Waals surface area contributed by atoms with Crippen molar-refractivity contribution in [3.05, 3.63) is 6.33 Å². The third-order valence-electron chi connectivity index (χ3n) is 4.53. The molecule has 2 aliphatic heterocycles. The summed E-state index contributed by atoms with van der Waals surface area (Å²) in [6, 6.07) is 2.03. The number of nitriles is 1. The van der Waals surface area contributed by atoms with Crippen LogP contribution >= 0.6 is 8.03 Å². The van der Waals surface area contributed by atoms with Crippen molar-refractivity contribution in [2.45, 2.75) is 23.5 Å². The minimum Gasteiger partial charge on any atom is -0.387 e. The van der Waals surface area contributed by atoms with Crippen LogP contribution in [0.2, 0.25) is 0 Å². The minimum atomic E-state index is -1.92. The molecule has 2 aromatic rings. The maximum atomic E-state index is 11.3. The van der Waals surface area contributed by atoms with Crippen molar-refractivity contribution in [2.24, 2.45) is 0 Å². The molecule has 5 atom stereocenters. The Hall–Kier alpha value is -2.42. The van der Waals surface area contributed by atoms with Crippen LogP contribution in [0.15, 0.2) is 6.33 Å². The highest BCUT2D eigenvalue weighted by atomic mass is 31.1. The number of aliphatic hydroxyl groups excluding tert-OH is 1. The van der Waals surface area contributed by atoms with E-state index in [0.717, 1.165) is 0 Å². The molecule has 2 saturated heterocycles. The maximum absolute atomic E-state index is 11.3. The Morgan fingerprint density at radius 2 is 2.35 bits per heavy atom. The molecular formula is C13H15N7O5P+. The van der Waals surface area contributed by atoms with Crippen LogP contribution < -0.4 is 11.5 Å². The molecule has 2 bridgehead atoms. The zero-order valence-corrected chi connectivity index (χ0v) is 14.5. The highest BCUT2D eigenvalue weighted by molar-refractivity contribution is 7.38.